The first-order valence-electron chi connectivity index (χ1n) is 9.02. The van der Waals surface area contributed by atoms with Crippen molar-refractivity contribution in [2.75, 3.05) is 18.4 Å². The van der Waals surface area contributed by atoms with Crippen LogP contribution in [0.1, 0.15) is 36.1 Å². The molecule has 1 atom stereocenters. The molecule has 3 aromatic heterocycles. The van der Waals surface area contributed by atoms with E-state index in [0.29, 0.717) is 48.7 Å². The van der Waals surface area contributed by atoms with Gasteiger partial charge in [-0.15, -0.1) is 0 Å². The fraction of sp³-hybridized carbons (Fsp3) is 0.471. The molecule has 0 bridgehead atoms. The number of alkyl halides is 2. The number of hydrogen-bond donors (Lipinski definition) is 1. The van der Waals surface area contributed by atoms with Crippen molar-refractivity contribution in [2.24, 2.45) is 7.05 Å². The third-order valence-corrected chi connectivity index (χ3v) is 4.82. The van der Waals surface area contributed by atoms with Crippen LogP contribution in [-0.2, 0) is 13.6 Å². The fourth-order valence-electron chi connectivity index (χ4n) is 3.48. The van der Waals surface area contributed by atoms with Gasteiger partial charge in [-0.2, -0.15) is 5.10 Å². The molecule has 28 heavy (non-hydrogen) atoms. The van der Waals surface area contributed by atoms with Crippen molar-refractivity contribution in [3.05, 3.63) is 30.1 Å². The fourth-order valence-corrected chi connectivity index (χ4v) is 3.48. The number of rotatable bonds is 5. The Morgan fingerprint density at radius 1 is 1.39 bits per heavy atom. The van der Waals surface area contributed by atoms with E-state index in [9.17, 15) is 13.6 Å². The number of imidazole rings is 1. The summed E-state index contributed by atoms with van der Waals surface area (Å²) in [6.45, 7) is 3.15. The standard InChI is InChI=1S/C17H20F2N8O/c1-3-27-15-12(23-16(27)13(18)19)14(20-9-21-15)22-10-4-7-26(8-10)17(28)11-5-6-25(2)24-11/h5-6,9-10,13H,3-4,7-8H2,1-2H3,(H,20,21,22)/t10-/m0/s1. The number of aromatic nitrogens is 6. The molecule has 1 fully saturated rings. The van der Waals surface area contributed by atoms with E-state index >= 15 is 0 Å². The number of nitrogens with zero attached hydrogens (tertiary/aromatic N) is 7. The maximum atomic E-state index is 13.3. The zero-order chi connectivity index (χ0) is 19.8. The number of aryl methyl sites for hydroxylation is 2. The second kappa shape index (κ2) is 7.13. The molecular formula is C17H20F2N8O. The van der Waals surface area contributed by atoms with Gasteiger partial charge in [-0.3, -0.25) is 9.48 Å². The second-order valence-corrected chi connectivity index (χ2v) is 6.67. The SMILES string of the molecule is CCn1c(C(F)F)nc2c(N[C@H]3CCN(C(=O)c4ccn(C)n4)C3)ncnc21. The van der Waals surface area contributed by atoms with Crippen molar-refractivity contribution in [3.63, 3.8) is 0 Å². The lowest BCUT2D eigenvalue weighted by Crippen LogP contribution is -2.32. The number of carbonyl (C=O) groups excluding carboxylic acids is 1. The second-order valence-electron chi connectivity index (χ2n) is 6.67. The van der Waals surface area contributed by atoms with Crippen LogP contribution in [0.15, 0.2) is 18.6 Å². The summed E-state index contributed by atoms with van der Waals surface area (Å²) in [5, 5.41) is 7.38. The Kier molecular flexibility index (Phi) is 4.65. The lowest BCUT2D eigenvalue weighted by Gasteiger charge is -2.16. The topological polar surface area (TPSA) is 93.8 Å². The minimum Gasteiger partial charge on any atom is -0.364 e. The van der Waals surface area contributed by atoms with Gasteiger partial charge in [-0.1, -0.05) is 0 Å². The Balaban J connectivity index is 1.53. The summed E-state index contributed by atoms with van der Waals surface area (Å²) in [7, 11) is 1.76. The molecule has 1 saturated heterocycles. The molecule has 0 radical (unpaired) electrons. The molecule has 0 aliphatic carbocycles. The smallest absolute Gasteiger partial charge is 0.295 e. The van der Waals surface area contributed by atoms with Crippen LogP contribution >= 0.6 is 0 Å². The first kappa shape index (κ1) is 18.3. The van der Waals surface area contributed by atoms with Crippen molar-refractivity contribution in [1.82, 2.24) is 34.2 Å². The van der Waals surface area contributed by atoms with Crippen LogP contribution in [0, 0.1) is 0 Å². The Hall–Kier alpha value is -3.11. The van der Waals surface area contributed by atoms with E-state index in [4.69, 9.17) is 0 Å². The quantitative estimate of drug-likeness (QED) is 0.715. The van der Waals surface area contributed by atoms with Gasteiger partial charge in [0.25, 0.3) is 12.3 Å². The van der Waals surface area contributed by atoms with E-state index in [-0.39, 0.29) is 17.8 Å². The monoisotopic (exact) mass is 390 g/mol. The molecule has 11 heteroatoms. The van der Waals surface area contributed by atoms with Gasteiger partial charge in [-0.25, -0.2) is 23.7 Å². The average molecular weight is 390 g/mol. The highest BCUT2D eigenvalue weighted by Gasteiger charge is 2.29. The predicted molar refractivity (Wildman–Crippen MR) is 97.1 cm³/mol. The lowest BCUT2D eigenvalue weighted by atomic mass is 10.2. The number of amides is 1. The summed E-state index contributed by atoms with van der Waals surface area (Å²) >= 11 is 0. The van der Waals surface area contributed by atoms with Crippen molar-refractivity contribution in [2.45, 2.75) is 32.4 Å². The zero-order valence-corrected chi connectivity index (χ0v) is 15.5. The minimum atomic E-state index is -2.69. The lowest BCUT2D eigenvalue weighted by molar-refractivity contribution is 0.0785. The first-order chi connectivity index (χ1) is 13.5. The highest BCUT2D eigenvalue weighted by Crippen LogP contribution is 2.27. The summed E-state index contributed by atoms with van der Waals surface area (Å²) in [6, 6.07) is 1.62. The molecule has 0 aromatic carbocycles. The van der Waals surface area contributed by atoms with E-state index in [1.807, 2.05) is 0 Å². The summed E-state index contributed by atoms with van der Waals surface area (Å²) in [4.78, 5) is 26.6. The Morgan fingerprint density at radius 2 is 2.21 bits per heavy atom. The summed E-state index contributed by atoms with van der Waals surface area (Å²) in [6.07, 6.45) is 1.07. The molecule has 1 aliphatic rings. The molecule has 148 valence electrons. The van der Waals surface area contributed by atoms with Crippen LogP contribution in [0.4, 0.5) is 14.6 Å². The molecule has 1 amide bonds. The van der Waals surface area contributed by atoms with Crippen LogP contribution in [0.5, 0.6) is 0 Å². The Labute approximate surface area is 159 Å². The van der Waals surface area contributed by atoms with E-state index < -0.39 is 6.43 Å². The van der Waals surface area contributed by atoms with Gasteiger partial charge in [-0.05, 0) is 19.4 Å². The Bertz CT molecular complexity index is 1010. The van der Waals surface area contributed by atoms with E-state index in [0.717, 1.165) is 0 Å². The maximum Gasteiger partial charge on any atom is 0.295 e. The molecule has 3 aromatic rings. The largest absolute Gasteiger partial charge is 0.364 e. The Morgan fingerprint density at radius 3 is 2.89 bits per heavy atom. The molecule has 1 aliphatic heterocycles. The first-order valence-corrected chi connectivity index (χ1v) is 9.02. The number of carbonyl (C=O) groups is 1. The van der Waals surface area contributed by atoms with Crippen molar-refractivity contribution >= 4 is 22.9 Å². The third-order valence-electron chi connectivity index (χ3n) is 4.82. The van der Waals surface area contributed by atoms with E-state index in [1.54, 1.807) is 35.8 Å². The highest BCUT2D eigenvalue weighted by molar-refractivity contribution is 5.92. The number of anilines is 1. The summed E-state index contributed by atoms with van der Waals surface area (Å²) in [5.41, 5.74) is 1.08. The molecule has 1 N–H and O–H groups in total. The number of likely N-dealkylation sites (tertiary alicyclic amines) is 1. The zero-order valence-electron chi connectivity index (χ0n) is 15.5. The molecule has 0 unspecified atom stereocenters. The van der Waals surface area contributed by atoms with Gasteiger partial charge in [0.1, 0.15) is 12.0 Å². The summed E-state index contributed by atoms with van der Waals surface area (Å²) in [5.74, 6) is -0.0522. The van der Waals surface area contributed by atoms with Crippen molar-refractivity contribution in [1.29, 1.82) is 0 Å². The normalized spacial score (nSPS) is 17.0. The number of nitrogens with one attached hydrogen (secondary N) is 1. The van der Waals surface area contributed by atoms with Gasteiger partial charge >= 0.3 is 0 Å². The van der Waals surface area contributed by atoms with Crippen LogP contribution in [0.2, 0.25) is 0 Å². The van der Waals surface area contributed by atoms with Crippen LogP contribution in [0.25, 0.3) is 11.2 Å². The van der Waals surface area contributed by atoms with Crippen molar-refractivity contribution < 1.29 is 13.6 Å². The summed E-state index contributed by atoms with van der Waals surface area (Å²) < 4.78 is 29.5. The number of fused-ring (bicyclic) bond motifs is 1. The van der Waals surface area contributed by atoms with E-state index in [2.05, 4.69) is 25.4 Å². The third kappa shape index (κ3) is 3.16. The minimum absolute atomic E-state index is 0.0625. The van der Waals surface area contributed by atoms with Crippen LogP contribution in [-0.4, -0.2) is 59.2 Å². The van der Waals surface area contributed by atoms with Crippen molar-refractivity contribution in [3.8, 4) is 0 Å². The molecule has 4 heterocycles. The highest BCUT2D eigenvalue weighted by atomic mass is 19.3. The molecule has 9 nitrogen and oxygen atoms in total. The molecule has 0 saturated carbocycles. The average Bonchev–Trinajstić information content (AvgIpc) is 3.39. The van der Waals surface area contributed by atoms with Gasteiger partial charge in [0.15, 0.2) is 22.8 Å². The van der Waals surface area contributed by atoms with Crippen LogP contribution in [0.3, 0.4) is 0 Å². The number of hydrogen-bond acceptors (Lipinski definition) is 6. The van der Waals surface area contributed by atoms with Gasteiger partial charge in [0, 0.05) is 38.9 Å². The van der Waals surface area contributed by atoms with E-state index in [1.165, 1.54) is 10.9 Å². The molecule has 4 rings (SSSR count). The molecular weight excluding hydrogens is 370 g/mol. The van der Waals surface area contributed by atoms with Gasteiger partial charge in [0.05, 0.1) is 0 Å². The van der Waals surface area contributed by atoms with Gasteiger partial charge < -0.3 is 14.8 Å². The predicted octanol–water partition coefficient (Wildman–Crippen LogP) is 1.84. The van der Waals surface area contributed by atoms with Crippen LogP contribution < -0.4 is 5.32 Å². The van der Waals surface area contributed by atoms with Gasteiger partial charge in [0.2, 0.25) is 0 Å². The molecule has 0 spiro atoms. The maximum absolute atomic E-state index is 13.3. The number of halogens is 2.